The number of fused-ring (bicyclic) bond motifs is 1. The van der Waals surface area contributed by atoms with E-state index in [2.05, 4.69) is 15.5 Å². The van der Waals surface area contributed by atoms with Gasteiger partial charge >= 0.3 is 0 Å². The van der Waals surface area contributed by atoms with Gasteiger partial charge in [0.25, 0.3) is 11.5 Å². The summed E-state index contributed by atoms with van der Waals surface area (Å²) in [4.78, 5) is 26.9. The first-order valence-corrected chi connectivity index (χ1v) is 8.95. The number of nitrogens with zero attached hydrogens (tertiary/aromatic N) is 4. The lowest BCUT2D eigenvalue weighted by Crippen LogP contribution is -2.40. The van der Waals surface area contributed by atoms with E-state index >= 15 is 0 Å². The molecule has 7 nitrogen and oxygen atoms in total. The molecule has 136 valence electrons. The summed E-state index contributed by atoms with van der Waals surface area (Å²) >= 11 is 0. The van der Waals surface area contributed by atoms with Crippen molar-refractivity contribution in [2.75, 3.05) is 11.4 Å². The number of halogens is 1. The van der Waals surface area contributed by atoms with Gasteiger partial charge < -0.3 is 10.2 Å². The maximum atomic E-state index is 13.1. The average molecular weight is 357 g/mol. The van der Waals surface area contributed by atoms with Crippen molar-refractivity contribution < 1.29 is 9.18 Å². The van der Waals surface area contributed by atoms with Gasteiger partial charge in [0.05, 0.1) is 0 Å². The monoisotopic (exact) mass is 357 g/mol. The molecule has 1 aromatic heterocycles. The fourth-order valence-corrected chi connectivity index (χ4v) is 3.62. The van der Waals surface area contributed by atoms with E-state index in [9.17, 15) is 14.0 Å². The van der Waals surface area contributed by atoms with Crippen molar-refractivity contribution in [1.82, 2.24) is 20.1 Å². The van der Waals surface area contributed by atoms with Crippen LogP contribution in [0.25, 0.3) is 0 Å². The van der Waals surface area contributed by atoms with Crippen LogP contribution in [-0.2, 0) is 6.54 Å². The summed E-state index contributed by atoms with van der Waals surface area (Å²) in [6.07, 6.45) is 5.24. The zero-order valence-corrected chi connectivity index (χ0v) is 14.3. The largest absolute Gasteiger partial charge is 0.348 e. The van der Waals surface area contributed by atoms with Crippen molar-refractivity contribution in [3.63, 3.8) is 0 Å². The quantitative estimate of drug-likeness (QED) is 0.909. The molecule has 1 aromatic carbocycles. The Morgan fingerprint density at radius 3 is 2.54 bits per heavy atom. The SMILES string of the molecule is O=C(NC1CCCCC1)c1nnc2n(c1=O)CCN2c1ccc(F)cc1. The highest BCUT2D eigenvalue weighted by atomic mass is 19.1. The van der Waals surface area contributed by atoms with Crippen LogP contribution in [0.4, 0.5) is 16.0 Å². The lowest BCUT2D eigenvalue weighted by Gasteiger charge is -2.22. The number of rotatable bonds is 3. The van der Waals surface area contributed by atoms with Gasteiger partial charge in [0.2, 0.25) is 11.6 Å². The molecule has 0 spiro atoms. The molecule has 0 radical (unpaired) electrons. The highest BCUT2D eigenvalue weighted by Crippen LogP contribution is 2.26. The van der Waals surface area contributed by atoms with Gasteiger partial charge in [-0.25, -0.2) is 4.39 Å². The topological polar surface area (TPSA) is 80.1 Å². The second-order valence-electron chi connectivity index (χ2n) is 6.74. The number of hydrogen-bond acceptors (Lipinski definition) is 5. The maximum Gasteiger partial charge on any atom is 0.286 e. The van der Waals surface area contributed by atoms with Crippen molar-refractivity contribution in [3.8, 4) is 0 Å². The van der Waals surface area contributed by atoms with Crippen molar-refractivity contribution in [1.29, 1.82) is 0 Å². The van der Waals surface area contributed by atoms with Crippen molar-refractivity contribution in [2.45, 2.75) is 44.7 Å². The molecule has 1 aliphatic carbocycles. The number of benzene rings is 1. The van der Waals surface area contributed by atoms with E-state index in [0.29, 0.717) is 19.0 Å². The van der Waals surface area contributed by atoms with Gasteiger partial charge in [-0.3, -0.25) is 14.2 Å². The fraction of sp³-hybridized carbons (Fsp3) is 0.444. The third-order valence-corrected chi connectivity index (χ3v) is 5.01. The van der Waals surface area contributed by atoms with Crippen LogP contribution in [-0.4, -0.2) is 33.3 Å². The Hall–Kier alpha value is -2.77. The minimum absolute atomic E-state index is 0.103. The summed E-state index contributed by atoms with van der Waals surface area (Å²) in [5.74, 6) is -0.410. The molecule has 2 heterocycles. The minimum Gasteiger partial charge on any atom is -0.348 e. The van der Waals surface area contributed by atoms with E-state index in [4.69, 9.17) is 0 Å². The first-order valence-electron chi connectivity index (χ1n) is 8.95. The zero-order chi connectivity index (χ0) is 18.1. The summed E-state index contributed by atoms with van der Waals surface area (Å²) in [5.41, 5.74) is 0.124. The van der Waals surface area contributed by atoms with Crippen LogP contribution >= 0.6 is 0 Å². The Bertz CT molecular complexity index is 874. The number of nitrogens with one attached hydrogen (secondary N) is 1. The Balaban J connectivity index is 1.58. The maximum absolute atomic E-state index is 13.1. The third-order valence-electron chi connectivity index (χ3n) is 5.01. The molecule has 2 aliphatic rings. The zero-order valence-electron chi connectivity index (χ0n) is 14.3. The van der Waals surface area contributed by atoms with E-state index in [1.807, 2.05) is 0 Å². The minimum atomic E-state index is -0.454. The number of amides is 1. The van der Waals surface area contributed by atoms with Crippen molar-refractivity contribution >= 4 is 17.5 Å². The second kappa shape index (κ2) is 6.86. The number of aromatic nitrogens is 3. The summed E-state index contributed by atoms with van der Waals surface area (Å²) in [6.45, 7) is 0.925. The van der Waals surface area contributed by atoms with Crippen LogP contribution in [0.1, 0.15) is 42.6 Å². The molecule has 4 rings (SSSR count). The van der Waals surface area contributed by atoms with Gasteiger partial charge in [-0.1, -0.05) is 19.3 Å². The van der Waals surface area contributed by atoms with Gasteiger partial charge in [-0.15, -0.1) is 10.2 Å². The molecule has 1 saturated carbocycles. The van der Waals surface area contributed by atoms with Gasteiger partial charge in [-0.05, 0) is 37.1 Å². The molecule has 1 fully saturated rings. The first-order chi connectivity index (χ1) is 12.6. The fourth-order valence-electron chi connectivity index (χ4n) is 3.62. The first kappa shape index (κ1) is 16.7. The average Bonchev–Trinajstić information content (AvgIpc) is 3.08. The van der Waals surface area contributed by atoms with Crippen molar-refractivity contribution in [2.24, 2.45) is 0 Å². The van der Waals surface area contributed by atoms with Gasteiger partial charge in [0.15, 0.2) is 0 Å². The third kappa shape index (κ3) is 3.07. The highest BCUT2D eigenvalue weighted by Gasteiger charge is 2.28. The number of carbonyl (C=O) groups is 1. The number of anilines is 2. The smallest absolute Gasteiger partial charge is 0.286 e. The lowest BCUT2D eigenvalue weighted by atomic mass is 9.95. The summed E-state index contributed by atoms with van der Waals surface area (Å²) in [6, 6.07) is 6.07. The highest BCUT2D eigenvalue weighted by molar-refractivity contribution is 5.92. The second-order valence-corrected chi connectivity index (χ2v) is 6.74. The summed E-state index contributed by atoms with van der Waals surface area (Å²) in [7, 11) is 0. The van der Waals surface area contributed by atoms with Crippen LogP contribution in [0.3, 0.4) is 0 Å². The molecule has 26 heavy (non-hydrogen) atoms. The van der Waals surface area contributed by atoms with Gasteiger partial charge in [0.1, 0.15) is 5.82 Å². The molecular weight excluding hydrogens is 337 g/mol. The normalized spacial score (nSPS) is 17.2. The van der Waals surface area contributed by atoms with Gasteiger partial charge in [0, 0.05) is 24.8 Å². The standard InChI is InChI=1S/C18H20FN5O2/c19-12-6-8-14(9-7-12)23-10-11-24-17(26)15(21-22-18(23)24)16(25)20-13-4-2-1-3-5-13/h6-9,13H,1-5,10-11H2,(H,20,25). The summed E-state index contributed by atoms with van der Waals surface area (Å²) < 4.78 is 14.6. The van der Waals surface area contributed by atoms with Crippen LogP contribution in [0.5, 0.6) is 0 Å². The Labute approximate surface area is 149 Å². The van der Waals surface area contributed by atoms with Crippen LogP contribution in [0, 0.1) is 5.82 Å². The van der Waals surface area contributed by atoms with Crippen LogP contribution < -0.4 is 15.8 Å². The molecule has 0 saturated heterocycles. The van der Waals surface area contributed by atoms with E-state index in [-0.39, 0.29) is 17.6 Å². The number of hydrogen-bond donors (Lipinski definition) is 1. The molecule has 8 heteroatoms. The van der Waals surface area contributed by atoms with E-state index in [0.717, 1.165) is 31.4 Å². The van der Waals surface area contributed by atoms with Gasteiger partial charge in [-0.2, -0.15) is 0 Å². The molecule has 0 unspecified atom stereocenters. The molecular formula is C18H20FN5O2. The van der Waals surface area contributed by atoms with Crippen LogP contribution in [0.15, 0.2) is 29.1 Å². The predicted molar refractivity (Wildman–Crippen MR) is 94.0 cm³/mol. The van der Waals surface area contributed by atoms with Crippen LogP contribution in [0.2, 0.25) is 0 Å². The Morgan fingerprint density at radius 2 is 1.81 bits per heavy atom. The molecule has 1 amide bonds. The van der Waals surface area contributed by atoms with E-state index in [1.165, 1.54) is 23.1 Å². The predicted octanol–water partition coefficient (Wildman–Crippen LogP) is 1.99. The molecule has 1 aliphatic heterocycles. The Kier molecular flexibility index (Phi) is 4.40. The van der Waals surface area contributed by atoms with Crippen molar-refractivity contribution in [3.05, 3.63) is 46.1 Å². The summed E-state index contributed by atoms with van der Waals surface area (Å²) in [5, 5.41) is 10.9. The molecule has 2 aromatic rings. The van der Waals surface area contributed by atoms with E-state index in [1.54, 1.807) is 17.0 Å². The lowest BCUT2D eigenvalue weighted by molar-refractivity contribution is 0.0919. The van der Waals surface area contributed by atoms with E-state index < -0.39 is 11.5 Å². The molecule has 1 N–H and O–H groups in total. The molecule has 0 bridgehead atoms. The molecule has 0 atom stereocenters. The Morgan fingerprint density at radius 1 is 1.08 bits per heavy atom. The number of carbonyl (C=O) groups excluding carboxylic acids is 1.